The molecule has 0 spiro atoms. The highest BCUT2D eigenvalue weighted by molar-refractivity contribution is 6.04. The minimum Gasteiger partial charge on any atom is -0.481 e. The molecule has 8 heteroatoms. The molecule has 2 aromatic heterocycles. The molecule has 2 heterocycles. The van der Waals surface area contributed by atoms with Crippen molar-refractivity contribution in [2.24, 2.45) is 0 Å². The average molecular weight is 446 g/mol. The third-order valence-electron chi connectivity index (χ3n) is 5.33. The van der Waals surface area contributed by atoms with Crippen molar-refractivity contribution in [3.63, 3.8) is 0 Å². The van der Waals surface area contributed by atoms with Gasteiger partial charge in [-0.1, -0.05) is 29.8 Å². The van der Waals surface area contributed by atoms with Gasteiger partial charge in [0.15, 0.2) is 0 Å². The van der Waals surface area contributed by atoms with E-state index in [0.29, 0.717) is 34.7 Å². The van der Waals surface area contributed by atoms with E-state index in [1.54, 1.807) is 29.4 Å². The van der Waals surface area contributed by atoms with Crippen molar-refractivity contribution >= 4 is 29.0 Å². The van der Waals surface area contributed by atoms with Gasteiger partial charge in [-0.15, -0.1) is 0 Å². The third kappa shape index (κ3) is 4.85. The number of carboxylic acid groups (broad SMARTS) is 1. The van der Waals surface area contributed by atoms with Crippen molar-refractivity contribution < 1.29 is 14.7 Å². The predicted octanol–water partition coefficient (Wildman–Crippen LogP) is 3.57. The Labute approximate surface area is 191 Å². The number of carbonyl (C=O) groups is 2. The molecule has 0 aliphatic heterocycles. The van der Waals surface area contributed by atoms with Crippen molar-refractivity contribution in [2.75, 3.05) is 24.3 Å². The van der Waals surface area contributed by atoms with Crippen LogP contribution in [-0.4, -0.2) is 45.4 Å². The zero-order chi connectivity index (χ0) is 23.5. The Bertz CT molecular complexity index is 1310. The maximum atomic E-state index is 12.4. The van der Waals surface area contributed by atoms with E-state index in [2.05, 4.69) is 10.3 Å². The smallest absolute Gasteiger partial charge is 0.308 e. The number of imidazole rings is 1. The quantitative estimate of drug-likeness (QED) is 0.421. The Morgan fingerprint density at radius 1 is 1.06 bits per heavy atom. The van der Waals surface area contributed by atoms with E-state index < -0.39 is 5.97 Å². The molecule has 168 valence electrons. The first-order chi connectivity index (χ1) is 15.8. The van der Waals surface area contributed by atoms with Crippen LogP contribution in [0.2, 0.25) is 0 Å². The van der Waals surface area contributed by atoms with Gasteiger partial charge in [0.2, 0.25) is 0 Å². The monoisotopic (exact) mass is 446 g/mol. The second kappa shape index (κ2) is 9.12. The van der Waals surface area contributed by atoms with Crippen molar-refractivity contribution in [2.45, 2.75) is 19.8 Å². The molecule has 2 N–H and O–H groups in total. The lowest BCUT2D eigenvalue weighted by molar-refractivity contribution is -0.136. The Balaban J connectivity index is 1.57. The Hall–Kier alpha value is -4.20. The molecular weight excluding hydrogens is 421 g/mol. The van der Waals surface area contributed by atoms with Crippen LogP contribution >= 0.6 is 0 Å². The van der Waals surface area contributed by atoms with Crippen molar-refractivity contribution in [1.82, 2.24) is 14.4 Å². The summed E-state index contributed by atoms with van der Waals surface area (Å²) in [6.07, 6.45) is 3.80. The maximum Gasteiger partial charge on any atom is 0.308 e. The van der Waals surface area contributed by atoms with Crippen molar-refractivity contribution in [3.8, 4) is 0 Å². The number of carbonyl (C=O) groups excluding carboxylic acids is 1. The summed E-state index contributed by atoms with van der Waals surface area (Å²) in [5.74, 6) is 0.250. The Morgan fingerprint density at radius 3 is 2.39 bits per heavy atom. The first-order valence-electron chi connectivity index (χ1n) is 10.5. The highest BCUT2D eigenvalue weighted by atomic mass is 16.5. The number of benzene rings is 2. The van der Waals surface area contributed by atoms with E-state index in [9.17, 15) is 14.7 Å². The first-order valence-corrected chi connectivity index (χ1v) is 10.5. The zero-order valence-electron chi connectivity index (χ0n) is 18.7. The summed E-state index contributed by atoms with van der Waals surface area (Å²) < 4.78 is 1.83. The van der Waals surface area contributed by atoms with E-state index >= 15 is 0 Å². The number of nitrogens with zero attached hydrogens (tertiary/aromatic N) is 4. The number of nitrogens with one attached hydrogen (secondary N) is 1. The van der Waals surface area contributed by atoms with Crippen LogP contribution in [0, 0.1) is 6.92 Å². The molecule has 0 bridgehead atoms. The lowest BCUT2D eigenvalue weighted by Gasteiger charge is -2.18. The first kappa shape index (κ1) is 22.0. The van der Waals surface area contributed by atoms with E-state index in [1.807, 2.05) is 61.8 Å². The van der Waals surface area contributed by atoms with Crippen LogP contribution in [0.4, 0.5) is 11.5 Å². The van der Waals surface area contributed by atoms with E-state index in [-0.39, 0.29) is 12.3 Å². The van der Waals surface area contributed by atoms with Crippen LogP contribution in [0.25, 0.3) is 5.65 Å². The standard InChI is InChI=1S/C25H25N5O3/c1-16-4-8-18(9-5-16)25(33)27-19-10-6-17(7-11-19)14-21-28-24(29(2)3)20(15-22(31)32)23-26-12-13-30(21)23/h4-13H,14-15H2,1-3H3,(H,27,33)(H,31,32)/i2+1,3+1,22+1. The summed E-state index contributed by atoms with van der Waals surface area (Å²) in [7, 11) is 3.67. The SMILES string of the molecule is Cc1ccc(C(=O)Nc2ccc(Cc3nc(N([13CH3])[13CH3])c(C[13C](=O)O)c4nccn34)cc2)cc1. The Kier molecular flexibility index (Phi) is 6.08. The molecule has 0 atom stereocenters. The van der Waals surface area contributed by atoms with Gasteiger partial charge in [-0.2, -0.15) is 0 Å². The minimum atomic E-state index is -0.930. The second-order valence-corrected chi connectivity index (χ2v) is 8.11. The summed E-state index contributed by atoms with van der Waals surface area (Å²) in [6, 6.07) is 15.0. The molecule has 33 heavy (non-hydrogen) atoms. The fraction of sp³-hybridized carbons (Fsp3) is 0.200. The third-order valence-corrected chi connectivity index (χ3v) is 5.33. The number of carboxylic acids is 1. The number of amides is 1. The van der Waals surface area contributed by atoms with Gasteiger partial charge in [0.1, 0.15) is 17.3 Å². The molecular formula is C25H25N5O3. The number of aryl methyl sites for hydroxylation is 1. The highest BCUT2D eigenvalue weighted by Gasteiger charge is 2.19. The van der Waals surface area contributed by atoms with Crippen molar-refractivity contribution in [3.05, 3.63) is 89.0 Å². The molecule has 8 nitrogen and oxygen atoms in total. The molecule has 0 saturated heterocycles. The number of aliphatic carboxylic acids is 1. The van der Waals surface area contributed by atoms with Crippen LogP contribution in [0.5, 0.6) is 0 Å². The van der Waals surface area contributed by atoms with Crippen LogP contribution in [0.1, 0.15) is 32.9 Å². The Morgan fingerprint density at radius 2 is 1.76 bits per heavy atom. The van der Waals surface area contributed by atoms with Gasteiger partial charge in [-0.3, -0.25) is 14.0 Å². The van der Waals surface area contributed by atoms with E-state index in [1.165, 1.54) is 0 Å². The molecule has 0 aliphatic carbocycles. The second-order valence-electron chi connectivity index (χ2n) is 8.11. The number of fused-ring (bicyclic) bond motifs is 1. The summed E-state index contributed by atoms with van der Waals surface area (Å²) in [5, 5.41) is 12.2. The summed E-state index contributed by atoms with van der Waals surface area (Å²) in [6.45, 7) is 1.98. The topological polar surface area (TPSA) is 99.8 Å². The largest absolute Gasteiger partial charge is 0.481 e. The fourth-order valence-corrected chi connectivity index (χ4v) is 3.68. The fourth-order valence-electron chi connectivity index (χ4n) is 3.68. The average Bonchev–Trinajstić information content (AvgIpc) is 3.27. The van der Waals surface area contributed by atoms with Crippen LogP contribution < -0.4 is 10.2 Å². The van der Waals surface area contributed by atoms with Gasteiger partial charge in [0.25, 0.3) is 5.91 Å². The zero-order valence-corrected chi connectivity index (χ0v) is 18.7. The molecule has 0 radical (unpaired) electrons. The van der Waals surface area contributed by atoms with E-state index in [4.69, 9.17) is 4.98 Å². The molecule has 0 unspecified atom stereocenters. The van der Waals surface area contributed by atoms with Crippen LogP contribution in [0.15, 0.2) is 60.9 Å². The minimum absolute atomic E-state index is 0.156. The highest BCUT2D eigenvalue weighted by Crippen LogP contribution is 2.24. The number of rotatable bonds is 7. The maximum absolute atomic E-state index is 12.4. The lowest BCUT2D eigenvalue weighted by Crippen LogP contribution is -2.19. The number of hydrogen-bond acceptors (Lipinski definition) is 5. The number of hydrogen-bond donors (Lipinski definition) is 2. The predicted molar refractivity (Wildman–Crippen MR) is 127 cm³/mol. The normalized spacial score (nSPS) is 10.9. The summed E-state index contributed by atoms with van der Waals surface area (Å²) in [5.41, 5.74) is 4.58. The molecule has 0 saturated carbocycles. The van der Waals surface area contributed by atoms with Gasteiger partial charge < -0.3 is 15.3 Å². The lowest BCUT2D eigenvalue weighted by atomic mass is 10.1. The van der Waals surface area contributed by atoms with E-state index in [0.717, 1.165) is 17.0 Å². The number of aromatic nitrogens is 3. The summed E-state index contributed by atoms with van der Waals surface area (Å²) >= 11 is 0. The molecule has 0 aliphatic rings. The number of anilines is 2. The van der Waals surface area contributed by atoms with Crippen LogP contribution in [0.3, 0.4) is 0 Å². The molecule has 2 aromatic carbocycles. The van der Waals surface area contributed by atoms with Gasteiger partial charge in [-0.25, -0.2) is 9.97 Å². The van der Waals surface area contributed by atoms with Gasteiger partial charge in [-0.05, 0) is 36.8 Å². The molecule has 4 rings (SSSR count). The molecule has 4 aromatic rings. The van der Waals surface area contributed by atoms with Gasteiger partial charge >= 0.3 is 5.97 Å². The molecule has 1 amide bonds. The molecule has 0 fully saturated rings. The summed E-state index contributed by atoms with van der Waals surface area (Å²) in [4.78, 5) is 34.8. The van der Waals surface area contributed by atoms with Gasteiger partial charge in [0, 0.05) is 49.7 Å². The van der Waals surface area contributed by atoms with Crippen LogP contribution in [-0.2, 0) is 17.6 Å². The van der Waals surface area contributed by atoms with Crippen molar-refractivity contribution in [1.29, 1.82) is 0 Å². The van der Waals surface area contributed by atoms with Gasteiger partial charge in [0.05, 0.1) is 6.42 Å².